The highest BCUT2D eigenvalue weighted by molar-refractivity contribution is 5.96. The van der Waals surface area contributed by atoms with E-state index in [1.54, 1.807) is 20.4 Å². The molecular weight excluding hydrogens is 598 g/mol. The molecule has 10 heteroatoms. The fourth-order valence-corrected chi connectivity index (χ4v) is 6.29. The first-order chi connectivity index (χ1) is 22.8. The van der Waals surface area contributed by atoms with Crippen molar-refractivity contribution >= 4 is 22.8 Å². The minimum atomic E-state index is -0.487. The highest BCUT2D eigenvalue weighted by Crippen LogP contribution is 2.51. The predicted octanol–water partition coefficient (Wildman–Crippen LogP) is 5.53. The van der Waals surface area contributed by atoms with E-state index in [4.69, 9.17) is 18.6 Å². The van der Waals surface area contributed by atoms with Gasteiger partial charge in [0.25, 0.3) is 0 Å². The molecule has 1 aliphatic rings. The van der Waals surface area contributed by atoms with E-state index in [0.29, 0.717) is 63.5 Å². The first kappa shape index (κ1) is 31.3. The summed E-state index contributed by atoms with van der Waals surface area (Å²) in [5, 5.41) is 6.46. The molecule has 47 heavy (non-hydrogen) atoms. The van der Waals surface area contributed by atoms with E-state index in [2.05, 4.69) is 15.6 Å². The minimum Gasteiger partial charge on any atom is -0.493 e. The third-order valence-corrected chi connectivity index (χ3v) is 8.36. The van der Waals surface area contributed by atoms with Crippen LogP contribution < -0.4 is 30.3 Å². The van der Waals surface area contributed by atoms with E-state index in [0.717, 1.165) is 16.8 Å². The van der Waals surface area contributed by atoms with Crippen molar-refractivity contribution in [2.45, 2.75) is 38.8 Å². The van der Waals surface area contributed by atoms with Gasteiger partial charge in [0.05, 0.1) is 46.0 Å². The number of methoxy groups -OCH3 is 3. The van der Waals surface area contributed by atoms with Gasteiger partial charge < -0.3 is 29.3 Å². The first-order valence-electron chi connectivity index (χ1n) is 15.3. The maximum absolute atomic E-state index is 14.1. The average Bonchev–Trinajstić information content (AvgIpc) is 3.28. The van der Waals surface area contributed by atoms with Gasteiger partial charge in [0.15, 0.2) is 17.1 Å². The molecule has 2 heterocycles. The Balaban J connectivity index is 1.63. The van der Waals surface area contributed by atoms with Crippen molar-refractivity contribution in [3.63, 3.8) is 0 Å². The lowest BCUT2D eigenvalue weighted by atomic mass is 9.94. The van der Waals surface area contributed by atoms with Gasteiger partial charge in [0.2, 0.25) is 23.0 Å². The Kier molecular flexibility index (Phi) is 8.92. The molecule has 3 aromatic carbocycles. The van der Waals surface area contributed by atoms with Crippen LogP contribution in [0.2, 0.25) is 0 Å². The molecule has 2 amide bonds. The van der Waals surface area contributed by atoms with Crippen LogP contribution >= 0.6 is 0 Å². The lowest BCUT2D eigenvalue weighted by Crippen LogP contribution is -2.26. The van der Waals surface area contributed by atoms with Gasteiger partial charge in [0, 0.05) is 35.2 Å². The summed E-state index contributed by atoms with van der Waals surface area (Å²) in [6.45, 7) is 1.70. The van der Waals surface area contributed by atoms with E-state index in [-0.39, 0.29) is 35.8 Å². The van der Waals surface area contributed by atoms with E-state index >= 15 is 0 Å². The number of benzene rings is 2. The molecule has 0 saturated heterocycles. The van der Waals surface area contributed by atoms with Crippen LogP contribution in [0.5, 0.6) is 17.2 Å². The Morgan fingerprint density at radius 2 is 1.72 bits per heavy atom. The summed E-state index contributed by atoms with van der Waals surface area (Å²) in [4.78, 5) is 44.3. The number of hydrogen-bond acceptors (Lipinski definition) is 8. The average molecular weight is 634 g/mol. The van der Waals surface area contributed by atoms with Crippen LogP contribution in [0.15, 0.2) is 82.1 Å². The number of carbonyl (C=O) groups is 2. The zero-order valence-electron chi connectivity index (χ0n) is 26.6. The topological polar surface area (TPSA) is 129 Å². The van der Waals surface area contributed by atoms with Gasteiger partial charge in [-0.05, 0) is 59.9 Å². The van der Waals surface area contributed by atoms with Gasteiger partial charge in [-0.15, -0.1) is 0 Å². The van der Waals surface area contributed by atoms with Crippen LogP contribution in [0, 0.1) is 0 Å². The molecule has 1 aliphatic carbocycles. The lowest BCUT2D eigenvalue weighted by molar-refractivity contribution is -0.121. The number of carbonyl (C=O) groups excluding carboxylic acids is 2. The summed E-state index contributed by atoms with van der Waals surface area (Å²) in [6, 6.07) is 19.7. The number of hydrogen-bond donors (Lipinski definition) is 2. The van der Waals surface area contributed by atoms with Crippen molar-refractivity contribution in [1.82, 2.24) is 15.6 Å². The zero-order valence-corrected chi connectivity index (χ0v) is 26.6. The normalized spacial score (nSPS) is 13.6. The second-order valence-electron chi connectivity index (χ2n) is 11.3. The van der Waals surface area contributed by atoms with E-state index in [1.165, 1.54) is 20.1 Å². The fraction of sp³-hybridized carbons (Fsp3) is 0.243. The summed E-state index contributed by atoms with van der Waals surface area (Å²) in [5.41, 5.74) is 4.58. The molecular formula is C37H35N3O7. The summed E-state index contributed by atoms with van der Waals surface area (Å²) in [6.07, 6.45) is 2.68. The number of rotatable bonds is 9. The molecule has 0 aliphatic heterocycles. The van der Waals surface area contributed by atoms with Gasteiger partial charge in [-0.25, -0.2) is 0 Å². The first-order valence-corrected chi connectivity index (χ1v) is 15.3. The molecule has 5 aromatic rings. The SMILES string of the molecule is COc1cc2c(c(OC)c1OC)-c1cc3c(CC(=O)NCc4ccccn4)c(-c4ccccc4)oc3c(=O)cc1[C@@H](NC(C)=O)CC2. The van der Waals surface area contributed by atoms with E-state index in [9.17, 15) is 14.4 Å². The number of nitrogens with one attached hydrogen (secondary N) is 2. The van der Waals surface area contributed by atoms with Gasteiger partial charge in [-0.1, -0.05) is 36.4 Å². The number of ether oxygens (including phenoxy) is 3. The van der Waals surface area contributed by atoms with Gasteiger partial charge in [-0.2, -0.15) is 0 Å². The second-order valence-corrected chi connectivity index (χ2v) is 11.3. The van der Waals surface area contributed by atoms with Crippen molar-refractivity contribution in [3.05, 3.63) is 106 Å². The zero-order chi connectivity index (χ0) is 33.1. The molecule has 2 aromatic heterocycles. The van der Waals surface area contributed by atoms with Crippen LogP contribution in [0.3, 0.4) is 0 Å². The molecule has 2 N–H and O–H groups in total. The molecule has 0 unspecified atom stereocenters. The second kappa shape index (κ2) is 13.4. The molecule has 6 rings (SSSR count). The fourth-order valence-electron chi connectivity index (χ4n) is 6.29. The summed E-state index contributed by atoms with van der Waals surface area (Å²) in [7, 11) is 4.64. The predicted molar refractivity (Wildman–Crippen MR) is 178 cm³/mol. The highest BCUT2D eigenvalue weighted by atomic mass is 16.5. The van der Waals surface area contributed by atoms with Crippen molar-refractivity contribution in [1.29, 1.82) is 0 Å². The van der Waals surface area contributed by atoms with Gasteiger partial charge in [-0.3, -0.25) is 19.4 Å². The molecule has 0 fully saturated rings. The van der Waals surface area contributed by atoms with Crippen LogP contribution in [-0.4, -0.2) is 38.1 Å². The van der Waals surface area contributed by atoms with Crippen LogP contribution in [0.4, 0.5) is 0 Å². The minimum absolute atomic E-state index is 0.0622. The number of furan rings is 1. The van der Waals surface area contributed by atoms with Crippen molar-refractivity contribution in [2.75, 3.05) is 21.3 Å². The monoisotopic (exact) mass is 633 g/mol. The smallest absolute Gasteiger partial charge is 0.224 e. The van der Waals surface area contributed by atoms with Crippen LogP contribution in [0.25, 0.3) is 33.4 Å². The Hall–Kier alpha value is -5.64. The maximum atomic E-state index is 14.1. The largest absolute Gasteiger partial charge is 0.493 e. The molecule has 0 radical (unpaired) electrons. The molecule has 10 nitrogen and oxygen atoms in total. The van der Waals surface area contributed by atoms with E-state index < -0.39 is 6.04 Å². The summed E-state index contributed by atoms with van der Waals surface area (Å²) >= 11 is 0. The molecule has 0 bridgehead atoms. The summed E-state index contributed by atoms with van der Waals surface area (Å²) < 4.78 is 23.7. The van der Waals surface area contributed by atoms with Crippen LogP contribution in [0.1, 0.15) is 41.8 Å². The Morgan fingerprint density at radius 1 is 0.957 bits per heavy atom. The number of amides is 2. The Morgan fingerprint density at radius 3 is 2.40 bits per heavy atom. The molecule has 0 saturated carbocycles. The van der Waals surface area contributed by atoms with Crippen LogP contribution in [-0.2, 0) is 29.0 Å². The number of aromatic nitrogens is 1. The summed E-state index contributed by atoms with van der Waals surface area (Å²) in [5.74, 6) is 1.26. The standard InChI is InChI=1S/C37H35N3O7/c1-21(41)40-29-14-13-23-16-31(44-2)36(45-3)37(46-4)33(23)26-17-27-28(19-32(43)39-20-24-12-8-9-15-38-24)34(22-10-6-5-7-11-22)47-35(27)30(42)18-25(26)29/h5-12,15-18,29H,13-14,19-20H2,1-4H3,(H,39,43)(H,40,41)/t29-/m0/s1. The molecule has 0 spiro atoms. The quantitative estimate of drug-likeness (QED) is 0.217. The molecule has 240 valence electrons. The third kappa shape index (κ3) is 6.14. The number of pyridine rings is 1. The lowest BCUT2D eigenvalue weighted by Gasteiger charge is -2.20. The van der Waals surface area contributed by atoms with Crippen molar-refractivity contribution < 1.29 is 28.2 Å². The highest BCUT2D eigenvalue weighted by Gasteiger charge is 2.31. The van der Waals surface area contributed by atoms with E-state index in [1.807, 2.05) is 60.7 Å². The van der Waals surface area contributed by atoms with Crippen molar-refractivity contribution in [2.24, 2.45) is 0 Å². The number of nitrogens with zero attached hydrogens (tertiary/aromatic N) is 1. The Labute approximate surface area is 271 Å². The van der Waals surface area contributed by atoms with Gasteiger partial charge >= 0.3 is 0 Å². The Bertz CT molecular complexity index is 2020. The van der Waals surface area contributed by atoms with Crippen molar-refractivity contribution in [3.8, 4) is 39.7 Å². The third-order valence-electron chi connectivity index (χ3n) is 8.36. The number of aryl methyl sites for hydroxylation is 1. The molecule has 1 atom stereocenters. The maximum Gasteiger partial charge on any atom is 0.224 e. The number of fused-ring (bicyclic) bond motifs is 4. The van der Waals surface area contributed by atoms with Gasteiger partial charge in [0.1, 0.15) is 5.76 Å².